The maximum absolute atomic E-state index is 5.97. The zero-order valence-corrected chi connectivity index (χ0v) is 12.4. The summed E-state index contributed by atoms with van der Waals surface area (Å²) in [6.07, 6.45) is 4.38. The Hall–Kier alpha value is -1.16. The fourth-order valence-corrected chi connectivity index (χ4v) is 2.89. The monoisotopic (exact) mass is 262 g/mol. The van der Waals surface area contributed by atoms with Crippen molar-refractivity contribution < 1.29 is 0 Å². The molecule has 106 valence electrons. The maximum atomic E-state index is 5.97. The molecule has 2 unspecified atom stereocenters. The second-order valence-electron chi connectivity index (χ2n) is 5.47. The minimum absolute atomic E-state index is 0.380. The van der Waals surface area contributed by atoms with Crippen molar-refractivity contribution in [2.75, 3.05) is 18.0 Å². The zero-order valence-electron chi connectivity index (χ0n) is 12.4. The fourth-order valence-electron chi connectivity index (χ4n) is 2.89. The Bertz CT molecular complexity index is 396. The molecule has 2 atom stereocenters. The predicted octanol–water partition coefficient (Wildman–Crippen LogP) is 2.17. The van der Waals surface area contributed by atoms with E-state index in [4.69, 9.17) is 15.7 Å². The molecule has 1 aromatic heterocycles. The molecular formula is C15H26N4. The first-order valence-electron chi connectivity index (χ1n) is 7.53. The summed E-state index contributed by atoms with van der Waals surface area (Å²) < 4.78 is 0. The zero-order chi connectivity index (χ0) is 13.8. The number of hydrogen-bond donors (Lipinski definition) is 1. The molecule has 0 aromatic carbocycles. The molecule has 0 saturated carbocycles. The lowest BCUT2D eigenvalue weighted by molar-refractivity contribution is 0.345. The minimum Gasteiger partial charge on any atom is -0.336 e. The molecule has 0 aliphatic carbocycles. The van der Waals surface area contributed by atoms with Gasteiger partial charge in [0.2, 0.25) is 5.95 Å². The Labute approximate surface area is 116 Å². The second-order valence-corrected chi connectivity index (χ2v) is 5.47. The van der Waals surface area contributed by atoms with E-state index in [2.05, 4.69) is 31.7 Å². The van der Waals surface area contributed by atoms with Gasteiger partial charge in [0, 0.05) is 30.5 Å². The van der Waals surface area contributed by atoms with Crippen LogP contribution in [0.3, 0.4) is 0 Å². The molecule has 4 nitrogen and oxygen atoms in total. The van der Waals surface area contributed by atoms with Crippen LogP contribution in [-0.4, -0.2) is 29.1 Å². The Morgan fingerprint density at radius 1 is 1.26 bits per heavy atom. The smallest absolute Gasteiger partial charge is 0.226 e. The van der Waals surface area contributed by atoms with Crippen molar-refractivity contribution in [2.24, 2.45) is 11.7 Å². The molecule has 1 fully saturated rings. The highest BCUT2D eigenvalue weighted by molar-refractivity contribution is 5.35. The van der Waals surface area contributed by atoms with Crippen LogP contribution in [0, 0.1) is 5.92 Å². The van der Waals surface area contributed by atoms with E-state index in [0.29, 0.717) is 18.5 Å². The highest BCUT2D eigenvalue weighted by Gasteiger charge is 2.29. The van der Waals surface area contributed by atoms with Gasteiger partial charge >= 0.3 is 0 Å². The van der Waals surface area contributed by atoms with Crippen LogP contribution in [0.4, 0.5) is 5.95 Å². The number of rotatable bonds is 4. The van der Waals surface area contributed by atoms with E-state index in [0.717, 1.165) is 36.7 Å². The largest absolute Gasteiger partial charge is 0.336 e. The van der Waals surface area contributed by atoms with Crippen LogP contribution in [0.1, 0.15) is 45.0 Å². The van der Waals surface area contributed by atoms with E-state index < -0.39 is 0 Å². The van der Waals surface area contributed by atoms with Gasteiger partial charge in [-0.15, -0.1) is 0 Å². The number of anilines is 1. The normalized spacial score (nSPS) is 23.7. The maximum Gasteiger partial charge on any atom is 0.226 e. The summed E-state index contributed by atoms with van der Waals surface area (Å²) in [7, 11) is 0. The van der Waals surface area contributed by atoms with Gasteiger partial charge in [-0.1, -0.05) is 20.8 Å². The van der Waals surface area contributed by atoms with Crippen molar-refractivity contribution >= 4 is 5.95 Å². The summed E-state index contributed by atoms with van der Waals surface area (Å²) in [5.41, 5.74) is 8.24. The Morgan fingerprint density at radius 3 is 2.42 bits per heavy atom. The molecule has 0 spiro atoms. The third-order valence-corrected chi connectivity index (χ3v) is 4.16. The lowest BCUT2D eigenvalue weighted by Gasteiger charge is -2.39. The summed E-state index contributed by atoms with van der Waals surface area (Å²) in [5, 5.41) is 0. The highest BCUT2D eigenvalue weighted by atomic mass is 15.3. The molecule has 0 radical (unpaired) electrons. The van der Waals surface area contributed by atoms with Gasteiger partial charge in [0.1, 0.15) is 0 Å². The van der Waals surface area contributed by atoms with Crippen LogP contribution < -0.4 is 10.6 Å². The van der Waals surface area contributed by atoms with E-state index in [1.165, 1.54) is 12.8 Å². The van der Waals surface area contributed by atoms with E-state index >= 15 is 0 Å². The predicted molar refractivity (Wildman–Crippen MR) is 79.4 cm³/mol. The second kappa shape index (κ2) is 6.33. The van der Waals surface area contributed by atoms with Gasteiger partial charge in [0.15, 0.2) is 0 Å². The van der Waals surface area contributed by atoms with Gasteiger partial charge in [-0.25, -0.2) is 9.97 Å². The topological polar surface area (TPSA) is 55.0 Å². The molecule has 1 aromatic rings. The Morgan fingerprint density at radius 2 is 1.89 bits per heavy atom. The van der Waals surface area contributed by atoms with Gasteiger partial charge in [-0.05, 0) is 37.7 Å². The van der Waals surface area contributed by atoms with Crippen molar-refractivity contribution in [1.29, 1.82) is 0 Å². The highest BCUT2D eigenvalue weighted by Crippen LogP contribution is 2.26. The summed E-state index contributed by atoms with van der Waals surface area (Å²) in [6, 6.07) is 2.50. The van der Waals surface area contributed by atoms with Crippen molar-refractivity contribution in [3.8, 4) is 0 Å². The van der Waals surface area contributed by atoms with Crippen LogP contribution >= 0.6 is 0 Å². The van der Waals surface area contributed by atoms with Crippen molar-refractivity contribution in [3.05, 3.63) is 17.5 Å². The summed E-state index contributed by atoms with van der Waals surface area (Å²) in [4.78, 5) is 11.8. The Kier molecular flexibility index (Phi) is 4.75. The molecule has 2 N–H and O–H groups in total. The molecule has 1 saturated heterocycles. The van der Waals surface area contributed by atoms with Crippen LogP contribution in [0.15, 0.2) is 6.07 Å². The van der Waals surface area contributed by atoms with Gasteiger partial charge in [0.05, 0.1) is 0 Å². The third kappa shape index (κ3) is 3.06. The molecule has 1 aliphatic heterocycles. The van der Waals surface area contributed by atoms with Crippen LogP contribution in [-0.2, 0) is 12.8 Å². The van der Waals surface area contributed by atoms with E-state index in [1.54, 1.807) is 0 Å². The quantitative estimate of drug-likeness (QED) is 0.903. The first-order chi connectivity index (χ1) is 9.19. The minimum atomic E-state index is 0.380. The lowest BCUT2D eigenvalue weighted by atomic mass is 9.91. The van der Waals surface area contributed by atoms with Crippen LogP contribution in [0.25, 0.3) is 0 Å². The molecule has 0 amide bonds. The fraction of sp³-hybridized carbons (Fsp3) is 0.733. The molecular weight excluding hydrogens is 236 g/mol. The summed E-state index contributed by atoms with van der Waals surface area (Å²) in [6.45, 7) is 8.29. The molecule has 4 heteroatoms. The van der Waals surface area contributed by atoms with E-state index in [9.17, 15) is 0 Å². The number of aromatic nitrogens is 2. The molecule has 2 heterocycles. The number of aryl methyl sites for hydroxylation is 2. The van der Waals surface area contributed by atoms with E-state index in [-0.39, 0.29) is 0 Å². The van der Waals surface area contributed by atoms with Crippen LogP contribution in [0.5, 0.6) is 0 Å². The average Bonchev–Trinajstić information content (AvgIpc) is 2.46. The first kappa shape index (κ1) is 14.3. The number of nitrogens with two attached hydrogens (primary N) is 1. The molecule has 0 bridgehead atoms. The average molecular weight is 262 g/mol. The van der Waals surface area contributed by atoms with Crippen molar-refractivity contribution in [2.45, 2.75) is 52.5 Å². The first-order valence-corrected chi connectivity index (χ1v) is 7.53. The van der Waals surface area contributed by atoms with Gasteiger partial charge in [-0.3, -0.25) is 0 Å². The lowest BCUT2D eigenvalue weighted by Crippen LogP contribution is -2.49. The number of hydrogen-bond acceptors (Lipinski definition) is 4. The standard InChI is InChI=1S/C15H26N4/c1-4-12-9-13(5-2)18-15(17-12)19-8-6-7-11(3)14(19)10-16/h9,11,14H,4-8,10,16H2,1-3H3. The number of piperidine rings is 1. The summed E-state index contributed by atoms with van der Waals surface area (Å²) in [5.74, 6) is 1.51. The van der Waals surface area contributed by atoms with Gasteiger partial charge < -0.3 is 10.6 Å². The van der Waals surface area contributed by atoms with Crippen molar-refractivity contribution in [3.63, 3.8) is 0 Å². The Balaban J connectivity index is 2.33. The van der Waals surface area contributed by atoms with Crippen LogP contribution in [0.2, 0.25) is 0 Å². The third-order valence-electron chi connectivity index (χ3n) is 4.16. The molecule has 19 heavy (non-hydrogen) atoms. The summed E-state index contributed by atoms with van der Waals surface area (Å²) >= 11 is 0. The molecule has 2 rings (SSSR count). The van der Waals surface area contributed by atoms with Crippen molar-refractivity contribution in [1.82, 2.24) is 9.97 Å². The number of nitrogens with zero attached hydrogens (tertiary/aromatic N) is 3. The van der Waals surface area contributed by atoms with E-state index in [1.807, 2.05) is 0 Å². The van der Waals surface area contributed by atoms with Gasteiger partial charge in [0.25, 0.3) is 0 Å². The SMILES string of the molecule is CCc1cc(CC)nc(N2CCCC(C)C2CN)n1. The molecule has 1 aliphatic rings. The van der Waals surface area contributed by atoms with Gasteiger partial charge in [-0.2, -0.15) is 0 Å².